The van der Waals surface area contributed by atoms with Gasteiger partial charge in [-0.15, -0.1) is 0 Å². The summed E-state index contributed by atoms with van der Waals surface area (Å²) in [4.78, 5) is 3.85. The van der Waals surface area contributed by atoms with E-state index in [-0.39, 0.29) is 0 Å². The molecular weight excluding hydrogens is 196 g/mol. The smallest absolute Gasteiger partial charge is 0.180 e. The summed E-state index contributed by atoms with van der Waals surface area (Å²) in [6, 6.07) is 2.15. The lowest BCUT2D eigenvalue weighted by atomic mass is 10.2. The average Bonchev–Trinajstić information content (AvgIpc) is 2.86. The van der Waals surface area contributed by atoms with Crippen LogP contribution in [0.25, 0.3) is 0 Å². The zero-order valence-corrected chi connectivity index (χ0v) is 8.59. The van der Waals surface area contributed by atoms with Crippen molar-refractivity contribution in [3.63, 3.8) is 0 Å². The molecule has 2 rings (SSSR count). The molecule has 1 N–H and O–H groups in total. The van der Waals surface area contributed by atoms with Crippen LogP contribution >= 0.6 is 11.3 Å². The van der Waals surface area contributed by atoms with E-state index in [0.717, 1.165) is 25.3 Å². The van der Waals surface area contributed by atoms with Crippen LogP contribution in [0.2, 0.25) is 0 Å². The number of nitrogens with zero attached hydrogens (tertiary/aromatic N) is 1. The molecule has 0 fully saturated rings. The fourth-order valence-electron chi connectivity index (χ4n) is 1.21. The van der Waals surface area contributed by atoms with Crippen molar-refractivity contribution in [3.05, 3.63) is 40.7 Å². The van der Waals surface area contributed by atoms with Crippen LogP contribution in [0.5, 0.6) is 0 Å². The molecule has 0 aliphatic heterocycles. The third kappa shape index (κ3) is 2.68. The summed E-state index contributed by atoms with van der Waals surface area (Å²) < 4.78 is 5.10. The fourth-order valence-corrected chi connectivity index (χ4v) is 1.91. The number of aromatic nitrogens is 1. The second-order valence-corrected chi connectivity index (χ2v) is 3.81. The Morgan fingerprint density at radius 3 is 3.21 bits per heavy atom. The van der Waals surface area contributed by atoms with E-state index in [1.165, 1.54) is 12.0 Å². The monoisotopic (exact) mass is 208 g/mol. The molecule has 0 bridgehead atoms. The van der Waals surface area contributed by atoms with Gasteiger partial charge in [0.15, 0.2) is 6.39 Å². The molecule has 74 valence electrons. The fraction of sp³-hybridized carbons (Fsp3) is 0.300. The van der Waals surface area contributed by atoms with E-state index in [0.29, 0.717) is 0 Å². The molecule has 0 saturated heterocycles. The van der Waals surface area contributed by atoms with Gasteiger partial charge in [-0.25, -0.2) is 4.98 Å². The maximum atomic E-state index is 5.10. The van der Waals surface area contributed by atoms with Crippen LogP contribution in [0.1, 0.15) is 11.3 Å². The van der Waals surface area contributed by atoms with Gasteiger partial charge in [0.05, 0.1) is 12.7 Å². The van der Waals surface area contributed by atoms with Gasteiger partial charge in [-0.2, -0.15) is 11.3 Å². The van der Waals surface area contributed by atoms with Crippen molar-refractivity contribution in [2.45, 2.75) is 13.0 Å². The van der Waals surface area contributed by atoms with Gasteiger partial charge in [0, 0.05) is 0 Å². The van der Waals surface area contributed by atoms with E-state index in [9.17, 15) is 0 Å². The first-order valence-electron chi connectivity index (χ1n) is 4.54. The van der Waals surface area contributed by atoms with Crippen molar-refractivity contribution < 1.29 is 4.42 Å². The van der Waals surface area contributed by atoms with Gasteiger partial charge in [0.1, 0.15) is 5.76 Å². The number of oxazole rings is 1. The lowest BCUT2D eigenvalue weighted by molar-refractivity contribution is 0.480. The zero-order valence-electron chi connectivity index (χ0n) is 7.77. The van der Waals surface area contributed by atoms with Crippen molar-refractivity contribution in [2.75, 3.05) is 6.54 Å². The molecule has 0 aliphatic carbocycles. The summed E-state index contributed by atoms with van der Waals surface area (Å²) >= 11 is 1.74. The van der Waals surface area contributed by atoms with Crippen LogP contribution in [-0.4, -0.2) is 11.5 Å². The Labute approximate surface area is 86.8 Å². The zero-order chi connectivity index (χ0) is 9.64. The molecule has 0 radical (unpaired) electrons. The van der Waals surface area contributed by atoms with Gasteiger partial charge in [0.25, 0.3) is 0 Å². The SMILES string of the molecule is c1ncc(CNCCc2ccsc2)o1. The first-order valence-corrected chi connectivity index (χ1v) is 5.48. The molecule has 3 nitrogen and oxygen atoms in total. The third-order valence-corrected chi connectivity index (χ3v) is 2.69. The van der Waals surface area contributed by atoms with Crippen molar-refractivity contribution in [1.82, 2.24) is 10.3 Å². The summed E-state index contributed by atoms with van der Waals surface area (Å²) in [5, 5.41) is 7.58. The summed E-state index contributed by atoms with van der Waals surface area (Å²) in [6.07, 6.45) is 4.26. The maximum Gasteiger partial charge on any atom is 0.180 e. The lowest BCUT2D eigenvalue weighted by Gasteiger charge is -2.00. The second-order valence-electron chi connectivity index (χ2n) is 3.03. The summed E-state index contributed by atoms with van der Waals surface area (Å²) in [7, 11) is 0. The van der Waals surface area contributed by atoms with Crippen molar-refractivity contribution in [2.24, 2.45) is 0 Å². The Hall–Kier alpha value is -1.13. The highest BCUT2D eigenvalue weighted by Gasteiger charge is 1.96. The van der Waals surface area contributed by atoms with Gasteiger partial charge >= 0.3 is 0 Å². The summed E-state index contributed by atoms with van der Waals surface area (Å²) in [6.45, 7) is 1.72. The van der Waals surface area contributed by atoms with E-state index in [2.05, 4.69) is 27.1 Å². The molecule has 0 amide bonds. The molecule has 0 spiro atoms. The number of hydrogen-bond donors (Lipinski definition) is 1. The molecule has 0 saturated carbocycles. The predicted molar refractivity (Wildman–Crippen MR) is 56.2 cm³/mol. The first kappa shape index (κ1) is 9.43. The Balaban J connectivity index is 1.65. The van der Waals surface area contributed by atoms with Crippen molar-refractivity contribution >= 4 is 11.3 Å². The largest absolute Gasteiger partial charge is 0.447 e. The number of hydrogen-bond acceptors (Lipinski definition) is 4. The molecule has 2 aromatic rings. The summed E-state index contributed by atoms with van der Waals surface area (Å²) in [5.41, 5.74) is 1.39. The first-order chi connectivity index (χ1) is 6.95. The van der Waals surface area contributed by atoms with E-state index >= 15 is 0 Å². The highest BCUT2D eigenvalue weighted by Crippen LogP contribution is 2.05. The third-order valence-electron chi connectivity index (χ3n) is 1.95. The Kier molecular flexibility index (Phi) is 3.32. The molecule has 0 atom stereocenters. The summed E-state index contributed by atoms with van der Waals surface area (Å²) in [5.74, 6) is 0.885. The highest BCUT2D eigenvalue weighted by molar-refractivity contribution is 7.07. The minimum absolute atomic E-state index is 0.754. The molecular formula is C10H12N2OS. The van der Waals surface area contributed by atoms with Crippen LogP contribution in [0.4, 0.5) is 0 Å². The minimum atomic E-state index is 0.754. The lowest BCUT2D eigenvalue weighted by Crippen LogP contribution is -2.15. The van der Waals surface area contributed by atoms with Crippen LogP contribution in [-0.2, 0) is 13.0 Å². The maximum absolute atomic E-state index is 5.10. The quantitative estimate of drug-likeness (QED) is 0.764. The van der Waals surface area contributed by atoms with Crippen LogP contribution in [0, 0.1) is 0 Å². The second kappa shape index (κ2) is 4.93. The van der Waals surface area contributed by atoms with E-state index in [1.807, 2.05) is 0 Å². The normalized spacial score (nSPS) is 10.6. The molecule has 0 aliphatic rings. The molecule has 4 heteroatoms. The predicted octanol–water partition coefficient (Wildman–Crippen LogP) is 2.07. The highest BCUT2D eigenvalue weighted by atomic mass is 32.1. The van der Waals surface area contributed by atoms with Gasteiger partial charge in [-0.1, -0.05) is 0 Å². The molecule has 2 heterocycles. The molecule has 14 heavy (non-hydrogen) atoms. The van der Waals surface area contributed by atoms with Crippen molar-refractivity contribution in [1.29, 1.82) is 0 Å². The van der Waals surface area contributed by atoms with E-state index in [1.54, 1.807) is 17.5 Å². The van der Waals surface area contributed by atoms with E-state index < -0.39 is 0 Å². The standard InChI is InChI=1S/C10H12N2OS/c1(9-2-4-14-7-9)3-11-5-10-6-12-8-13-10/h2,4,6-8,11H,1,3,5H2. The van der Waals surface area contributed by atoms with Crippen LogP contribution in [0.3, 0.4) is 0 Å². The Morgan fingerprint density at radius 2 is 2.50 bits per heavy atom. The van der Waals surface area contributed by atoms with E-state index in [4.69, 9.17) is 4.42 Å². The number of rotatable bonds is 5. The molecule has 0 unspecified atom stereocenters. The van der Waals surface area contributed by atoms with Gasteiger partial charge in [0.2, 0.25) is 0 Å². The van der Waals surface area contributed by atoms with Gasteiger partial charge in [-0.3, -0.25) is 0 Å². The van der Waals surface area contributed by atoms with Crippen LogP contribution < -0.4 is 5.32 Å². The molecule has 2 aromatic heterocycles. The number of thiophene rings is 1. The average molecular weight is 208 g/mol. The van der Waals surface area contributed by atoms with Crippen molar-refractivity contribution in [3.8, 4) is 0 Å². The van der Waals surface area contributed by atoms with Gasteiger partial charge in [-0.05, 0) is 35.4 Å². The Morgan fingerprint density at radius 1 is 1.50 bits per heavy atom. The van der Waals surface area contributed by atoms with Gasteiger partial charge < -0.3 is 9.73 Å². The minimum Gasteiger partial charge on any atom is -0.447 e. The Bertz CT molecular complexity index is 306. The topological polar surface area (TPSA) is 38.1 Å². The van der Waals surface area contributed by atoms with Crippen LogP contribution in [0.15, 0.2) is 33.8 Å². The molecule has 0 aromatic carbocycles. The number of nitrogens with one attached hydrogen (secondary N) is 1.